The Morgan fingerprint density at radius 3 is 2.83 bits per heavy atom. The Hall–Kier alpha value is -1.31. The largest absolute Gasteiger partial charge is 0.409 e. The summed E-state index contributed by atoms with van der Waals surface area (Å²) < 4.78 is 26.3. The van der Waals surface area contributed by atoms with Gasteiger partial charge in [0.25, 0.3) is 0 Å². The Labute approximate surface area is 110 Å². The number of amidine groups is 1. The molecule has 100 valence electrons. The van der Waals surface area contributed by atoms with Gasteiger partial charge in [-0.3, -0.25) is 0 Å². The van der Waals surface area contributed by atoms with Gasteiger partial charge in [0.15, 0.2) is 0 Å². The van der Waals surface area contributed by atoms with E-state index in [1.165, 1.54) is 12.1 Å². The van der Waals surface area contributed by atoms with Crippen molar-refractivity contribution in [1.29, 1.82) is 0 Å². The minimum absolute atomic E-state index is 0.0451. The van der Waals surface area contributed by atoms with E-state index in [0.717, 1.165) is 0 Å². The van der Waals surface area contributed by atoms with Crippen LogP contribution in [0.5, 0.6) is 0 Å². The molecule has 1 unspecified atom stereocenters. The number of benzene rings is 1. The van der Waals surface area contributed by atoms with Crippen LogP contribution in [-0.4, -0.2) is 25.5 Å². The molecule has 1 rings (SSSR count). The van der Waals surface area contributed by atoms with Gasteiger partial charge in [-0.15, -0.1) is 0 Å². The maximum atomic E-state index is 12.0. The van der Waals surface area contributed by atoms with E-state index in [4.69, 9.17) is 22.5 Å². The van der Waals surface area contributed by atoms with Crippen LogP contribution in [0.2, 0.25) is 5.02 Å². The highest BCUT2D eigenvalue weighted by molar-refractivity contribution is 7.89. The number of nitrogens with one attached hydrogen (secondary N) is 1. The van der Waals surface area contributed by atoms with Crippen molar-refractivity contribution in [2.45, 2.75) is 24.3 Å². The quantitative estimate of drug-likeness (QED) is 0.327. The monoisotopic (exact) mass is 291 g/mol. The summed E-state index contributed by atoms with van der Waals surface area (Å²) in [7, 11) is -3.66. The number of rotatable bonds is 5. The van der Waals surface area contributed by atoms with Gasteiger partial charge in [0.05, 0.1) is 4.90 Å². The molecule has 0 spiro atoms. The van der Waals surface area contributed by atoms with E-state index in [0.29, 0.717) is 5.02 Å². The van der Waals surface area contributed by atoms with Gasteiger partial charge in [0.2, 0.25) is 10.0 Å². The van der Waals surface area contributed by atoms with Gasteiger partial charge in [0, 0.05) is 17.5 Å². The molecule has 1 atom stereocenters. The number of nitrogens with zero attached hydrogens (tertiary/aromatic N) is 1. The summed E-state index contributed by atoms with van der Waals surface area (Å²) in [5, 5.41) is 11.5. The summed E-state index contributed by atoms with van der Waals surface area (Å²) in [5.41, 5.74) is 5.30. The smallest absolute Gasteiger partial charge is 0.240 e. The number of hydrogen-bond acceptors (Lipinski definition) is 4. The van der Waals surface area contributed by atoms with Crippen LogP contribution in [0, 0.1) is 0 Å². The molecule has 1 aromatic carbocycles. The highest BCUT2D eigenvalue weighted by Gasteiger charge is 2.18. The predicted octanol–water partition coefficient (Wildman–Crippen LogP) is 1.14. The third-order valence-electron chi connectivity index (χ3n) is 2.11. The van der Waals surface area contributed by atoms with Crippen LogP contribution in [0.4, 0.5) is 0 Å². The number of sulfonamides is 1. The molecule has 0 heterocycles. The highest BCUT2D eigenvalue weighted by atomic mass is 35.5. The van der Waals surface area contributed by atoms with Crippen LogP contribution in [0.3, 0.4) is 0 Å². The fourth-order valence-corrected chi connectivity index (χ4v) is 2.91. The summed E-state index contributed by atoms with van der Waals surface area (Å²) in [5.74, 6) is -0.0451. The van der Waals surface area contributed by atoms with Crippen LogP contribution >= 0.6 is 11.6 Å². The molecule has 0 amide bonds. The molecule has 8 heteroatoms. The number of hydrogen-bond donors (Lipinski definition) is 3. The van der Waals surface area contributed by atoms with Crippen LogP contribution in [0.1, 0.15) is 13.3 Å². The normalized spacial score (nSPS) is 14.4. The van der Waals surface area contributed by atoms with Crippen molar-refractivity contribution in [2.24, 2.45) is 10.9 Å². The number of halogens is 1. The minimum atomic E-state index is -3.66. The molecule has 0 saturated carbocycles. The molecule has 0 aliphatic heterocycles. The molecule has 0 aliphatic rings. The van der Waals surface area contributed by atoms with Crippen molar-refractivity contribution in [1.82, 2.24) is 4.72 Å². The van der Waals surface area contributed by atoms with E-state index in [-0.39, 0.29) is 17.2 Å². The van der Waals surface area contributed by atoms with Crippen LogP contribution in [0.15, 0.2) is 34.3 Å². The highest BCUT2D eigenvalue weighted by Crippen LogP contribution is 2.15. The van der Waals surface area contributed by atoms with Crippen LogP contribution in [0.25, 0.3) is 0 Å². The SMILES string of the molecule is CC(CC(N)=NO)NS(=O)(=O)c1cccc(Cl)c1. The van der Waals surface area contributed by atoms with Crippen molar-refractivity contribution in [3.63, 3.8) is 0 Å². The summed E-state index contributed by atoms with van der Waals surface area (Å²) in [6.45, 7) is 1.61. The average molecular weight is 292 g/mol. The first-order valence-electron chi connectivity index (χ1n) is 5.09. The lowest BCUT2D eigenvalue weighted by Crippen LogP contribution is -2.35. The lowest BCUT2D eigenvalue weighted by Gasteiger charge is -2.13. The van der Waals surface area contributed by atoms with Gasteiger partial charge in [-0.25, -0.2) is 13.1 Å². The molecule has 0 aliphatic carbocycles. The van der Waals surface area contributed by atoms with Gasteiger partial charge in [-0.2, -0.15) is 0 Å². The summed E-state index contributed by atoms with van der Waals surface area (Å²) in [6.07, 6.45) is 0.107. The Bertz CT molecular complexity index is 545. The van der Waals surface area contributed by atoms with E-state index < -0.39 is 16.1 Å². The van der Waals surface area contributed by atoms with E-state index in [2.05, 4.69) is 9.88 Å². The Balaban J connectivity index is 2.83. The van der Waals surface area contributed by atoms with Crippen LogP contribution in [-0.2, 0) is 10.0 Å². The van der Waals surface area contributed by atoms with Crippen LogP contribution < -0.4 is 10.5 Å². The van der Waals surface area contributed by atoms with E-state index >= 15 is 0 Å². The standard InChI is InChI=1S/C10H14ClN3O3S/c1-7(5-10(12)13-15)14-18(16,17)9-4-2-3-8(11)6-9/h2-4,6-7,14-15H,5H2,1H3,(H2,12,13). The molecular formula is C10H14ClN3O3S. The fraction of sp³-hybridized carbons (Fsp3) is 0.300. The van der Waals surface area contributed by atoms with E-state index in [1.54, 1.807) is 19.1 Å². The molecule has 6 nitrogen and oxygen atoms in total. The van der Waals surface area contributed by atoms with Gasteiger partial charge in [-0.05, 0) is 25.1 Å². The van der Waals surface area contributed by atoms with Crippen molar-refractivity contribution in [3.8, 4) is 0 Å². The van der Waals surface area contributed by atoms with Gasteiger partial charge in [-0.1, -0.05) is 22.8 Å². The topological polar surface area (TPSA) is 105 Å². The molecule has 0 bridgehead atoms. The lowest BCUT2D eigenvalue weighted by atomic mass is 10.2. The molecule has 0 aromatic heterocycles. The zero-order valence-electron chi connectivity index (χ0n) is 9.67. The molecule has 0 fully saturated rings. The molecule has 4 N–H and O–H groups in total. The van der Waals surface area contributed by atoms with E-state index in [9.17, 15) is 8.42 Å². The van der Waals surface area contributed by atoms with Crippen molar-refractivity contribution in [3.05, 3.63) is 29.3 Å². The van der Waals surface area contributed by atoms with Crippen molar-refractivity contribution < 1.29 is 13.6 Å². The molecule has 0 radical (unpaired) electrons. The number of oxime groups is 1. The predicted molar refractivity (Wildman–Crippen MR) is 69.3 cm³/mol. The second-order valence-electron chi connectivity index (χ2n) is 3.78. The first kappa shape index (κ1) is 14.7. The Kier molecular flexibility index (Phi) is 4.94. The second-order valence-corrected chi connectivity index (χ2v) is 5.93. The third-order valence-corrected chi connectivity index (χ3v) is 3.93. The second kappa shape index (κ2) is 6.03. The zero-order valence-corrected chi connectivity index (χ0v) is 11.2. The molecule has 18 heavy (non-hydrogen) atoms. The number of nitrogens with two attached hydrogens (primary N) is 1. The maximum Gasteiger partial charge on any atom is 0.240 e. The van der Waals surface area contributed by atoms with Gasteiger partial charge < -0.3 is 10.9 Å². The summed E-state index contributed by atoms with van der Waals surface area (Å²) in [4.78, 5) is 0.0707. The Morgan fingerprint density at radius 1 is 1.61 bits per heavy atom. The Morgan fingerprint density at radius 2 is 2.28 bits per heavy atom. The maximum absolute atomic E-state index is 12.0. The minimum Gasteiger partial charge on any atom is -0.409 e. The van der Waals surface area contributed by atoms with Gasteiger partial charge in [0.1, 0.15) is 5.84 Å². The average Bonchev–Trinajstić information content (AvgIpc) is 2.28. The first-order valence-corrected chi connectivity index (χ1v) is 6.95. The third kappa shape index (κ3) is 4.17. The van der Waals surface area contributed by atoms with Gasteiger partial charge >= 0.3 is 0 Å². The first-order chi connectivity index (χ1) is 8.35. The molecule has 1 aromatic rings. The molecule has 0 saturated heterocycles. The summed E-state index contributed by atoms with van der Waals surface area (Å²) >= 11 is 5.73. The van der Waals surface area contributed by atoms with E-state index in [1.807, 2.05) is 0 Å². The van der Waals surface area contributed by atoms with Crippen molar-refractivity contribution in [2.75, 3.05) is 0 Å². The zero-order chi connectivity index (χ0) is 13.8. The fourth-order valence-electron chi connectivity index (χ4n) is 1.36. The van der Waals surface area contributed by atoms with Crippen molar-refractivity contribution >= 4 is 27.5 Å². The lowest BCUT2D eigenvalue weighted by molar-refractivity contribution is 0.316. The summed E-state index contributed by atoms with van der Waals surface area (Å²) in [6, 6.07) is 5.42. The molecular weight excluding hydrogens is 278 g/mol.